The molecule has 19 heavy (non-hydrogen) atoms. The van der Waals surface area contributed by atoms with Crippen molar-refractivity contribution < 1.29 is 0 Å². The standard InChI is InChI=1S/C13H14ClIN4/c1-3-5-9-10(15)12(16-2)19-13(18-9)11-8(14)6-4-7-17-11/h4,6-7H,3,5H2,1-2H3,(H,16,18,19). The van der Waals surface area contributed by atoms with Crippen molar-refractivity contribution in [2.75, 3.05) is 12.4 Å². The molecule has 100 valence electrons. The predicted octanol–water partition coefficient (Wildman–Crippen LogP) is 3.79. The van der Waals surface area contributed by atoms with Crippen molar-refractivity contribution in [1.29, 1.82) is 0 Å². The SMILES string of the molecule is CCCc1nc(-c2ncccc2Cl)nc(NC)c1I. The van der Waals surface area contributed by atoms with Gasteiger partial charge in [0.1, 0.15) is 11.5 Å². The van der Waals surface area contributed by atoms with Crippen molar-refractivity contribution in [3.8, 4) is 11.5 Å². The van der Waals surface area contributed by atoms with Crippen LogP contribution >= 0.6 is 34.2 Å². The van der Waals surface area contributed by atoms with Crippen LogP contribution in [0.5, 0.6) is 0 Å². The summed E-state index contributed by atoms with van der Waals surface area (Å²) in [6.45, 7) is 2.13. The highest BCUT2D eigenvalue weighted by atomic mass is 127. The third-order valence-corrected chi connectivity index (χ3v) is 4.05. The van der Waals surface area contributed by atoms with Crippen LogP contribution in [0.4, 0.5) is 5.82 Å². The first kappa shape index (κ1) is 14.5. The van der Waals surface area contributed by atoms with Crippen molar-refractivity contribution in [2.24, 2.45) is 0 Å². The highest BCUT2D eigenvalue weighted by molar-refractivity contribution is 14.1. The van der Waals surface area contributed by atoms with Gasteiger partial charge < -0.3 is 5.32 Å². The van der Waals surface area contributed by atoms with Gasteiger partial charge in [-0.3, -0.25) is 4.98 Å². The molecule has 0 saturated carbocycles. The van der Waals surface area contributed by atoms with E-state index in [4.69, 9.17) is 11.6 Å². The largest absolute Gasteiger partial charge is 0.372 e. The lowest BCUT2D eigenvalue weighted by atomic mass is 10.2. The second-order valence-electron chi connectivity index (χ2n) is 3.99. The van der Waals surface area contributed by atoms with E-state index < -0.39 is 0 Å². The van der Waals surface area contributed by atoms with Gasteiger partial charge >= 0.3 is 0 Å². The molecule has 0 fully saturated rings. The van der Waals surface area contributed by atoms with Crippen LogP contribution in [0.2, 0.25) is 5.02 Å². The van der Waals surface area contributed by atoms with Gasteiger partial charge in [-0.15, -0.1) is 0 Å². The molecule has 0 aliphatic carbocycles. The second kappa shape index (κ2) is 6.47. The van der Waals surface area contributed by atoms with Gasteiger partial charge in [0, 0.05) is 13.2 Å². The molecular weight excluding hydrogens is 375 g/mol. The zero-order chi connectivity index (χ0) is 13.8. The number of anilines is 1. The van der Waals surface area contributed by atoms with Gasteiger partial charge in [0.2, 0.25) is 0 Å². The van der Waals surface area contributed by atoms with Gasteiger partial charge in [0.15, 0.2) is 5.82 Å². The van der Waals surface area contributed by atoms with E-state index in [-0.39, 0.29) is 0 Å². The van der Waals surface area contributed by atoms with Crippen LogP contribution in [-0.4, -0.2) is 22.0 Å². The minimum absolute atomic E-state index is 0.563. The van der Waals surface area contributed by atoms with Gasteiger partial charge in [-0.05, 0) is 41.1 Å². The molecule has 0 radical (unpaired) electrons. The van der Waals surface area contributed by atoms with E-state index in [1.54, 1.807) is 18.3 Å². The summed E-state index contributed by atoms with van der Waals surface area (Å²) in [4.78, 5) is 13.4. The molecule has 0 amide bonds. The highest BCUT2D eigenvalue weighted by Crippen LogP contribution is 2.27. The minimum Gasteiger partial charge on any atom is -0.372 e. The molecule has 0 aliphatic heterocycles. The number of halogens is 2. The fourth-order valence-electron chi connectivity index (χ4n) is 1.72. The van der Waals surface area contributed by atoms with Crippen LogP contribution in [0, 0.1) is 3.57 Å². The van der Waals surface area contributed by atoms with Crippen molar-refractivity contribution in [1.82, 2.24) is 15.0 Å². The number of aryl methyl sites for hydroxylation is 1. The molecule has 6 heteroatoms. The predicted molar refractivity (Wildman–Crippen MR) is 86.5 cm³/mol. The third-order valence-electron chi connectivity index (χ3n) is 2.61. The van der Waals surface area contributed by atoms with E-state index >= 15 is 0 Å². The van der Waals surface area contributed by atoms with Gasteiger partial charge in [-0.1, -0.05) is 24.9 Å². The zero-order valence-electron chi connectivity index (χ0n) is 10.7. The van der Waals surface area contributed by atoms with E-state index in [1.807, 2.05) is 7.05 Å². The molecule has 1 N–H and O–H groups in total. The van der Waals surface area contributed by atoms with Crippen LogP contribution in [0.15, 0.2) is 18.3 Å². The lowest BCUT2D eigenvalue weighted by Crippen LogP contribution is -2.06. The van der Waals surface area contributed by atoms with E-state index in [2.05, 4.69) is 49.8 Å². The van der Waals surface area contributed by atoms with Gasteiger partial charge in [-0.25, -0.2) is 9.97 Å². The summed E-state index contributed by atoms with van der Waals surface area (Å²) < 4.78 is 1.05. The Labute approximate surface area is 131 Å². The summed E-state index contributed by atoms with van der Waals surface area (Å²) in [5.74, 6) is 1.38. The molecule has 0 atom stereocenters. The van der Waals surface area contributed by atoms with E-state index in [1.165, 1.54) is 0 Å². The number of pyridine rings is 1. The molecule has 0 unspecified atom stereocenters. The number of aromatic nitrogens is 3. The smallest absolute Gasteiger partial charge is 0.182 e. The normalized spacial score (nSPS) is 10.5. The number of hydrogen-bond acceptors (Lipinski definition) is 4. The van der Waals surface area contributed by atoms with Crippen molar-refractivity contribution in [2.45, 2.75) is 19.8 Å². The van der Waals surface area contributed by atoms with Crippen LogP contribution in [0.25, 0.3) is 11.5 Å². The van der Waals surface area contributed by atoms with E-state index in [0.29, 0.717) is 16.5 Å². The van der Waals surface area contributed by atoms with Crippen LogP contribution in [-0.2, 0) is 6.42 Å². The number of hydrogen-bond donors (Lipinski definition) is 1. The van der Waals surface area contributed by atoms with Gasteiger partial charge in [0.05, 0.1) is 14.3 Å². The topological polar surface area (TPSA) is 50.7 Å². The van der Waals surface area contributed by atoms with Crippen molar-refractivity contribution in [3.05, 3.63) is 32.6 Å². The summed E-state index contributed by atoms with van der Waals surface area (Å²) in [6, 6.07) is 3.59. The summed E-state index contributed by atoms with van der Waals surface area (Å²) >= 11 is 8.43. The maximum Gasteiger partial charge on any atom is 0.182 e. The molecule has 2 heterocycles. The van der Waals surface area contributed by atoms with Crippen molar-refractivity contribution >= 4 is 40.0 Å². The Kier molecular flexibility index (Phi) is 4.93. The molecule has 2 aromatic rings. The molecule has 0 aromatic carbocycles. The summed E-state index contributed by atoms with van der Waals surface area (Å²) in [7, 11) is 1.85. The Hall–Kier alpha value is -0.950. The maximum atomic E-state index is 6.16. The maximum absolute atomic E-state index is 6.16. The third kappa shape index (κ3) is 3.14. The first-order valence-corrected chi connectivity index (χ1v) is 7.48. The average Bonchev–Trinajstić information content (AvgIpc) is 2.42. The molecule has 2 aromatic heterocycles. The summed E-state index contributed by atoms with van der Waals surface area (Å²) in [6.07, 6.45) is 3.64. The number of nitrogens with one attached hydrogen (secondary N) is 1. The van der Waals surface area contributed by atoms with Gasteiger partial charge in [-0.2, -0.15) is 0 Å². The Morgan fingerprint density at radius 2 is 2.16 bits per heavy atom. The second-order valence-corrected chi connectivity index (χ2v) is 5.48. The average molecular weight is 389 g/mol. The lowest BCUT2D eigenvalue weighted by Gasteiger charge is -2.10. The zero-order valence-corrected chi connectivity index (χ0v) is 13.7. The summed E-state index contributed by atoms with van der Waals surface area (Å²) in [5, 5.41) is 3.66. The Balaban J connectivity index is 2.58. The Morgan fingerprint density at radius 3 is 2.79 bits per heavy atom. The first-order chi connectivity index (χ1) is 9.17. The fraction of sp³-hybridized carbons (Fsp3) is 0.308. The molecule has 0 aliphatic rings. The molecule has 0 spiro atoms. The number of nitrogens with zero attached hydrogens (tertiary/aromatic N) is 3. The van der Waals surface area contributed by atoms with Gasteiger partial charge in [0.25, 0.3) is 0 Å². The number of rotatable bonds is 4. The molecular formula is C13H14ClIN4. The highest BCUT2D eigenvalue weighted by Gasteiger charge is 2.14. The molecule has 4 nitrogen and oxygen atoms in total. The monoisotopic (exact) mass is 388 g/mol. The van der Waals surface area contributed by atoms with Crippen LogP contribution in [0.3, 0.4) is 0 Å². The minimum atomic E-state index is 0.563. The van der Waals surface area contributed by atoms with Crippen LogP contribution < -0.4 is 5.32 Å². The quantitative estimate of drug-likeness (QED) is 0.810. The lowest BCUT2D eigenvalue weighted by molar-refractivity contribution is 0.866. The van der Waals surface area contributed by atoms with Crippen molar-refractivity contribution in [3.63, 3.8) is 0 Å². The molecule has 0 bridgehead atoms. The molecule has 0 saturated heterocycles. The Bertz CT molecular complexity index is 589. The summed E-state index contributed by atoms with van der Waals surface area (Å²) in [5.41, 5.74) is 1.65. The first-order valence-electron chi connectivity index (χ1n) is 6.02. The fourth-order valence-corrected chi connectivity index (χ4v) is 2.70. The molecule has 2 rings (SSSR count). The van der Waals surface area contributed by atoms with Crippen LogP contribution in [0.1, 0.15) is 19.0 Å². The van der Waals surface area contributed by atoms with E-state index in [9.17, 15) is 0 Å². The Morgan fingerprint density at radius 1 is 1.37 bits per heavy atom. The van der Waals surface area contributed by atoms with E-state index in [0.717, 1.165) is 27.9 Å².